The van der Waals surface area contributed by atoms with Crippen LogP contribution in [0.2, 0.25) is 0 Å². The van der Waals surface area contributed by atoms with Crippen LogP contribution in [0.3, 0.4) is 0 Å². The van der Waals surface area contributed by atoms with E-state index in [2.05, 4.69) is 123 Å². The van der Waals surface area contributed by atoms with Gasteiger partial charge in [0.2, 0.25) is 0 Å². The maximum absolute atomic E-state index is 13.0. The zero-order chi connectivity index (χ0) is 69.0. The Balaban J connectivity index is 4.02. The fourth-order valence-corrected chi connectivity index (χ4v) is 11.4. The van der Waals surface area contributed by atoms with Crippen molar-refractivity contribution >= 4 is 17.9 Å². The zero-order valence-electron chi connectivity index (χ0n) is 62.8. The third kappa shape index (κ3) is 77.2. The number of hydrogen-bond donors (Lipinski definition) is 0. The quantitative estimate of drug-likeness (QED) is 0.0195. The summed E-state index contributed by atoms with van der Waals surface area (Å²) in [5.74, 6) is -2.26. The van der Waals surface area contributed by atoms with E-state index in [9.17, 15) is 19.5 Å². The first-order valence-corrected chi connectivity index (χ1v) is 40.0. The molecule has 548 valence electrons. The van der Waals surface area contributed by atoms with E-state index in [4.69, 9.17) is 18.9 Å². The molecule has 0 aromatic heterocycles. The van der Waals surface area contributed by atoms with Gasteiger partial charge in [-0.2, -0.15) is 0 Å². The molecule has 0 radical (unpaired) electrons. The normalized spacial score (nSPS) is 13.2. The second-order valence-electron chi connectivity index (χ2n) is 28.0. The van der Waals surface area contributed by atoms with Crippen molar-refractivity contribution in [2.75, 3.05) is 47.5 Å². The molecule has 0 spiro atoms. The summed E-state index contributed by atoms with van der Waals surface area (Å²) in [5.41, 5.74) is 0. The number of unbranched alkanes of at least 4 members (excludes halogenated alkanes) is 41. The number of likely N-dealkylation sites (N-methyl/N-ethyl adjacent to an activating group) is 1. The third-order valence-electron chi connectivity index (χ3n) is 17.5. The van der Waals surface area contributed by atoms with Crippen LogP contribution in [0.1, 0.15) is 361 Å². The monoisotopic (exact) mass is 1330 g/mol. The van der Waals surface area contributed by atoms with Crippen molar-refractivity contribution in [1.29, 1.82) is 0 Å². The van der Waals surface area contributed by atoms with Crippen molar-refractivity contribution in [3.63, 3.8) is 0 Å². The first kappa shape index (κ1) is 91.0. The maximum atomic E-state index is 13.0. The molecule has 0 saturated heterocycles. The van der Waals surface area contributed by atoms with Gasteiger partial charge in [0.15, 0.2) is 12.4 Å². The Morgan fingerprint density at radius 2 is 0.600 bits per heavy atom. The highest BCUT2D eigenvalue weighted by atomic mass is 16.7. The van der Waals surface area contributed by atoms with Gasteiger partial charge in [0.05, 0.1) is 40.3 Å². The highest BCUT2D eigenvalue weighted by Crippen LogP contribution is 2.19. The number of esters is 2. The molecule has 0 aromatic carbocycles. The number of nitrogens with zero attached hydrogens (tertiary/aromatic N) is 1. The lowest BCUT2D eigenvalue weighted by atomic mass is 10.0. The number of hydrogen-bond acceptors (Lipinski definition) is 8. The number of quaternary nitrogens is 1. The van der Waals surface area contributed by atoms with E-state index in [0.29, 0.717) is 23.9 Å². The van der Waals surface area contributed by atoms with Gasteiger partial charge in [-0.25, -0.2) is 0 Å². The van der Waals surface area contributed by atoms with Gasteiger partial charge in [-0.05, 0) is 103 Å². The zero-order valence-corrected chi connectivity index (χ0v) is 62.8. The summed E-state index contributed by atoms with van der Waals surface area (Å²) >= 11 is 0. The van der Waals surface area contributed by atoms with Crippen LogP contribution in [0.4, 0.5) is 0 Å². The number of carboxylic acid groups (broad SMARTS) is 1. The predicted octanol–water partition coefficient (Wildman–Crippen LogP) is 24.4. The van der Waals surface area contributed by atoms with Gasteiger partial charge in [0, 0.05) is 12.8 Å². The Morgan fingerprint density at radius 1 is 0.326 bits per heavy atom. The average Bonchev–Trinajstić information content (AvgIpc) is 3.54. The molecular weight excluding hydrogens is 1170 g/mol. The lowest BCUT2D eigenvalue weighted by Crippen LogP contribution is -2.44. The average molecular weight is 1330 g/mol. The van der Waals surface area contributed by atoms with E-state index in [0.717, 1.165) is 89.9 Å². The van der Waals surface area contributed by atoms with Crippen LogP contribution >= 0.6 is 0 Å². The highest BCUT2D eigenvalue weighted by molar-refractivity contribution is 5.70. The first-order chi connectivity index (χ1) is 46.6. The van der Waals surface area contributed by atoms with Gasteiger partial charge in [0.1, 0.15) is 13.2 Å². The Bertz CT molecular complexity index is 1930. The maximum Gasteiger partial charge on any atom is 0.306 e. The SMILES string of the molecule is CC/C=C\C/C=C\C/C=C\C/C=C\C/C=C\C/C=C\C/C=C\C/C=C\CCCCCCCCCCCCCCCCCCC(=O)OC(COC(=O)CCCCCCCCCCCCCCCCCCC/C=C\CCCCCCCCCC)COC(OCC[N+](C)(C)C)C(=O)[O-]. The molecule has 0 bridgehead atoms. The largest absolute Gasteiger partial charge is 0.545 e. The van der Waals surface area contributed by atoms with E-state index in [-0.39, 0.29) is 32.2 Å². The van der Waals surface area contributed by atoms with Gasteiger partial charge in [-0.15, -0.1) is 0 Å². The molecule has 0 heterocycles. The number of carboxylic acids is 1. The molecule has 0 aromatic rings. The number of ether oxygens (including phenoxy) is 4. The summed E-state index contributed by atoms with van der Waals surface area (Å²) in [6.07, 6.45) is 103. The number of aliphatic carboxylic acids is 1. The summed E-state index contributed by atoms with van der Waals surface area (Å²) in [7, 11) is 5.94. The second kappa shape index (κ2) is 75.7. The minimum absolute atomic E-state index is 0.147. The molecule has 0 aliphatic heterocycles. The van der Waals surface area contributed by atoms with E-state index in [1.54, 1.807) is 0 Å². The molecule has 0 rings (SSSR count). The van der Waals surface area contributed by atoms with Gasteiger partial charge in [-0.3, -0.25) is 9.59 Å². The lowest BCUT2D eigenvalue weighted by molar-refractivity contribution is -0.870. The van der Waals surface area contributed by atoms with E-state index in [1.165, 1.54) is 238 Å². The summed E-state index contributed by atoms with van der Waals surface area (Å²) < 4.78 is 22.9. The van der Waals surface area contributed by atoms with Gasteiger partial charge in [-0.1, -0.05) is 354 Å². The second-order valence-corrected chi connectivity index (χ2v) is 28.0. The minimum atomic E-state index is -1.62. The van der Waals surface area contributed by atoms with Crippen molar-refractivity contribution in [2.45, 2.75) is 373 Å². The summed E-state index contributed by atoms with van der Waals surface area (Å²) in [6.45, 7) is 4.68. The fraction of sp³-hybridized carbons (Fsp3) is 0.756. The third-order valence-corrected chi connectivity index (χ3v) is 17.5. The molecule has 0 N–H and O–H groups in total. The van der Waals surface area contributed by atoms with Crippen LogP contribution in [-0.4, -0.2) is 82.3 Å². The Labute approximate surface area is 587 Å². The molecule has 0 aliphatic carbocycles. The Morgan fingerprint density at radius 3 is 0.905 bits per heavy atom. The van der Waals surface area contributed by atoms with Crippen molar-refractivity contribution in [3.05, 3.63) is 109 Å². The highest BCUT2D eigenvalue weighted by Gasteiger charge is 2.22. The lowest BCUT2D eigenvalue weighted by Gasteiger charge is -2.26. The summed E-state index contributed by atoms with van der Waals surface area (Å²) in [5, 5.41) is 11.9. The van der Waals surface area contributed by atoms with Crippen LogP contribution in [-0.2, 0) is 33.3 Å². The Kier molecular flexibility index (Phi) is 72.5. The van der Waals surface area contributed by atoms with E-state index >= 15 is 0 Å². The molecule has 2 atom stereocenters. The fourth-order valence-electron chi connectivity index (χ4n) is 11.4. The number of allylic oxidation sites excluding steroid dienone is 18. The predicted molar refractivity (Wildman–Crippen MR) is 407 cm³/mol. The molecule has 9 nitrogen and oxygen atoms in total. The van der Waals surface area contributed by atoms with Crippen molar-refractivity contribution in [3.8, 4) is 0 Å². The standard InChI is InChI=1S/C86H151NO8/c1-6-8-10-12-14-16-18-20-22-24-26-28-30-32-34-36-37-38-39-40-41-42-43-44-45-46-47-49-51-53-55-57-59-61-63-65-67-69-71-73-75-77-84(89)95-82(81-94-86(85(90)91)92-79-78-87(3,4)5)80-93-83(88)76-74-72-70-68-66-64-62-60-58-56-54-52-50-48-35-33-31-29-27-25-23-21-19-17-15-13-11-9-7-2/h8,10,14,16,20,22,25-28,32,34,37-38,40-41,43-44,82,86H,6-7,9,11-13,15,17-19,21,23-24,29-31,33,35-36,39,42,45-81H2,1-5H3/b10-8-,16-14-,22-20-,27-25-,28-26-,34-32-,38-37-,41-40-,44-43-. The van der Waals surface area contributed by atoms with Crippen molar-refractivity contribution in [2.24, 2.45) is 0 Å². The molecular formula is C86H151NO8. The van der Waals surface area contributed by atoms with Crippen LogP contribution in [0.15, 0.2) is 109 Å². The van der Waals surface area contributed by atoms with Gasteiger partial charge >= 0.3 is 11.9 Å². The molecule has 0 fully saturated rings. The molecule has 0 aliphatic rings. The topological polar surface area (TPSA) is 111 Å². The molecule has 9 heteroatoms. The first-order valence-electron chi connectivity index (χ1n) is 40.0. The van der Waals surface area contributed by atoms with Crippen LogP contribution in [0.25, 0.3) is 0 Å². The number of carbonyl (C=O) groups excluding carboxylic acids is 3. The van der Waals surface area contributed by atoms with Gasteiger partial charge in [0.25, 0.3) is 0 Å². The summed E-state index contributed by atoms with van der Waals surface area (Å²) in [4.78, 5) is 37.6. The van der Waals surface area contributed by atoms with Crippen molar-refractivity contribution < 1.29 is 42.9 Å². The summed E-state index contributed by atoms with van der Waals surface area (Å²) in [6, 6.07) is 0. The molecule has 0 amide bonds. The van der Waals surface area contributed by atoms with Crippen LogP contribution in [0, 0.1) is 0 Å². The minimum Gasteiger partial charge on any atom is -0.545 e. The number of carbonyl (C=O) groups is 3. The smallest absolute Gasteiger partial charge is 0.306 e. The van der Waals surface area contributed by atoms with E-state index < -0.39 is 24.3 Å². The van der Waals surface area contributed by atoms with Crippen LogP contribution < -0.4 is 5.11 Å². The molecule has 95 heavy (non-hydrogen) atoms. The molecule has 0 saturated carbocycles. The Hall–Kier alpha value is -4.05. The van der Waals surface area contributed by atoms with Gasteiger partial charge < -0.3 is 33.3 Å². The van der Waals surface area contributed by atoms with Crippen LogP contribution in [0.5, 0.6) is 0 Å². The molecule has 2 unspecified atom stereocenters. The number of rotatable bonds is 74. The van der Waals surface area contributed by atoms with Crippen molar-refractivity contribution in [1.82, 2.24) is 0 Å². The van der Waals surface area contributed by atoms with E-state index in [1.807, 2.05) is 21.1 Å².